The van der Waals surface area contributed by atoms with E-state index in [2.05, 4.69) is 69.1 Å². The molecule has 1 aromatic rings. The SMILES string of the molecule is CC(C)N(Cc1ccccc1)CC(O)CNC(C)(C)C. The second-order valence-electron chi connectivity index (χ2n) is 6.79. The fourth-order valence-electron chi connectivity index (χ4n) is 2.04. The summed E-state index contributed by atoms with van der Waals surface area (Å²) in [5.41, 5.74) is 1.33. The molecule has 0 aromatic heterocycles. The van der Waals surface area contributed by atoms with Crippen LogP contribution in [-0.2, 0) is 6.54 Å². The topological polar surface area (TPSA) is 35.5 Å². The van der Waals surface area contributed by atoms with Crippen LogP contribution in [0.15, 0.2) is 30.3 Å². The van der Waals surface area contributed by atoms with Gasteiger partial charge in [0, 0.05) is 31.2 Å². The number of rotatable bonds is 7. The zero-order valence-electron chi connectivity index (χ0n) is 13.6. The molecule has 3 nitrogen and oxygen atoms in total. The number of benzene rings is 1. The molecule has 0 aliphatic rings. The number of hydrogen-bond acceptors (Lipinski definition) is 3. The lowest BCUT2D eigenvalue weighted by Crippen LogP contribution is -2.45. The van der Waals surface area contributed by atoms with Crippen LogP contribution >= 0.6 is 0 Å². The third kappa shape index (κ3) is 7.04. The van der Waals surface area contributed by atoms with Crippen LogP contribution in [0, 0.1) is 0 Å². The number of β-amino-alcohol motifs (C(OH)–C–C–N with tert-alkyl or cyclic N) is 1. The number of nitrogens with zero attached hydrogens (tertiary/aromatic N) is 1. The van der Waals surface area contributed by atoms with E-state index in [0.29, 0.717) is 19.1 Å². The number of nitrogens with one attached hydrogen (secondary N) is 1. The van der Waals surface area contributed by atoms with E-state index in [9.17, 15) is 5.11 Å². The van der Waals surface area contributed by atoms with Gasteiger partial charge in [0.15, 0.2) is 0 Å². The monoisotopic (exact) mass is 278 g/mol. The minimum atomic E-state index is -0.347. The van der Waals surface area contributed by atoms with Crippen molar-refractivity contribution in [3.63, 3.8) is 0 Å². The quantitative estimate of drug-likeness (QED) is 0.805. The predicted molar refractivity (Wildman–Crippen MR) is 85.8 cm³/mol. The number of aliphatic hydroxyl groups excluding tert-OH is 1. The van der Waals surface area contributed by atoms with Gasteiger partial charge in [0.1, 0.15) is 0 Å². The van der Waals surface area contributed by atoms with Gasteiger partial charge in [-0.25, -0.2) is 0 Å². The molecule has 0 fully saturated rings. The first-order valence-electron chi connectivity index (χ1n) is 7.49. The summed E-state index contributed by atoms with van der Waals surface area (Å²) in [6.07, 6.45) is -0.347. The first-order valence-corrected chi connectivity index (χ1v) is 7.49. The second kappa shape index (κ2) is 7.77. The van der Waals surface area contributed by atoms with Crippen LogP contribution in [0.25, 0.3) is 0 Å². The summed E-state index contributed by atoms with van der Waals surface area (Å²) in [6, 6.07) is 10.8. The van der Waals surface area contributed by atoms with Crippen molar-refractivity contribution in [3.05, 3.63) is 35.9 Å². The van der Waals surface area contributed by atoms with Crippen molar-refractivity contribution in [3.8, 4) is 0 Å². The Labute approximate surface area is 124 Å². The van der Waals surface area contributed by atoms with Crippen LogP contribution < -0.4 is 5.32 Å². The summed E-state index contributed by atoms with van der Waals surface area (Å²) < 4.78 is 0. The molecule has 0 aliphatic carbocycles. The molecular weight excluding hydrogens is 248 g/mol. The molecule has 1 aromatic carbocycles. The Bertz CT molecular complexity index is 370. The summed E-state index contributed by atoms with van der Waals surface area (Å²) >= 11 is 0. The molecule has 1 rings (SSSR count). The van der Waals surface area contributed by atoms with Crippen LogP contribution in [-0.4, -0.2) is 40.8 Å². The number of hydrogen-bond donors (Lipinski definition) is 2. The lowest BCUT2D eigenvalue weighted by atomic mass is 10.1. The molecule has 20 heavy (non-hydrogen) atoms. The largest absolute Gasteiger partial charge is 0.390 e. The minimum absolute atomic E-state index is 0.0447. The fourth-order valence-corrected chi connectivity index (χ4v) is 2.04. The zero-order valence-corrected chi connectivity index (χ0v) is 13.6. The maximum atomic E-state index is 10.2. The predicted octanol–water partition coefficient (Wildman–Crippen LogP) is 2.65. The van der Waals surface area contributed by atoms with Gasteiger partial charge >= 0.3 is 0 Å². The molecule has 114 valence electrons. The van der Waals surface area contributed by atoms with Crippen molar-refractivity contribution in [2.24, 2.45) is 0 Å². The van der Waals surface area contributed by atoms with Crippen molar-refractivity contribution in [1.29, 1.82) is 0 Å². The van der Waals surface area contributed by atoms with E-state index in [1.807, 2.05) is 6.07 Å². The molecule has 0 heterocycles. The Balaban J connectivity index is 2.51. The van der Waals surface area contributed by atoms with Gasteiger partial charge in [0.05, 0.1) is 6.10 Å². The second-order valence-corrected chi connectivity index (χ2v) is 6.79. The summed E-state index contributed by atoms with van der Waals surface area (Å²) in [5, 5.41) is 13.6. The van der Waals surface area contributed by atoms with E-state index in [1.54, 1.807) is 0 Å². The normalized spacial score (nSPS) is 14.0. The first-order chi connectivity index (χ1) is 9.28. The third-order valence-electron chi connectivity index (χ3n) is 3.27. The summed E-state index contributed by atoms with van der Waals surface area (Å²) in [6.45, 7) is 12.9. The number of aliphatic hydroxyl groups is 1. The molecule has 0 spiro atoms. The highest BCUT2D eigenvalue weighted by Crippen LogP contribution is 2.09. The molecule has 0 saturated carbocycles. The molecule has 0 amide bonds. The van der Waals surface area contributed by atoms with E-state index in [-0.39, 0.29) is 11.6 Å². The Morgan fingerprint density at radius 2 is 1.75 bits per heavy atom. The molecule has 0 radical (unpaired) electrons. The highest BCUT2D eigenvalue weighted by atomic mass is 16.3. The van der Waals surface area contributed by atoms with Crippen molar-refractivity contribution in [1.82, 2.24) is 10.2 Å². The summed E-state index contributed by atoms with van der Waals surface area (Å²) in [7, 11) is 0. The van der Waals surface area contributed by atoms with Crippen LogP contribution in [0.5, 0.6) is 0 Å². The standard InChI is InChI=1S/C17H30N2O/c1-14(2)19(12-15-9-7-6-8-10-15)13-16(20)11-18-17(3,4)5/h6-10,14,16,18,20H,11-13H2,1-5H3. The van der Waals surface area contributed by atoms with Gasteiger partial charge in [-0.1, -0.05) is 30.3 Å². The van der Waals surface area contributed by atoms with Crippen molar-refractivity contribution >= 4 is 0 Å². The highest BCUT2D eigenvalue weighted by molar-refractivity contribution is 5.14. The Hall–Kier alpha value is -0.900. The molecule has 3 heteroatoms. The molecule has 1 unspecified atom stereocenters. The van der Waals surface area contributed by atoms with Gasteiger partial charge in [-0.3, -0.25) is 4.90 Å². The Morgan fingerprint density at radius 3 is 2.25 bits per heavy atom. The van der Waals surface area contributed by atoms with Crippen LogP contribution in [0.1, 0.15) is 40.2 Å². The molecule has 0 saturated heterocycles. The van der Waals surface area contributed by atoms with Crippen molar-refractivity contribution in [2.75, 3.05) is 13.1 Å². The Morgan fingerprint density at radius 1 is 1.15 bits per heavy atom. The van der Waals surface area contributed by atoms with Crippen LogP contribution in [0.2, 0.25) is 0 Å². The van der Waals surface area contributed by atoms with E-state index >= 15 is 0 Å². The lowest BCUT2D eigenvalue weighted by molar-refractivity contribution is 0.0853. The minimum Gasteiger partial charge on any atom is -0.390 e. The van der Waals surface area contributed by atoms with Gasteiger partial charge in [-0.2, -0.15) is 0 Å². The third-order valence-corrected chi connectivity index (χ3v) is 3.27. The van der Waals surface area contributed by atoms with E-state index in [4.69, 9.17) is 0 Å². The molecule has 0 aliphatic heterocycles. The summed E-state index contributed by atoms with van der Waals surface area (Å²) in [5.74, 6) is 0. The van der Waals surface area contributed by atoms with Gasteiger partial charge in [0.2, 0.25) is 0 Å². The van der Waals surface area contributed by atoms with Gasteiger partial charge < -0.3 is 10.4 Å². The maximum Gasteiger partial charge on any atom is 0.0791 e. The first kappa shape index (κ1) is 17.2. The van der Waals surface area contributed by atoms with E-state index in [1.165, 1.54) is 5.56 Å². The van der Waals surface area contributed by atoms with Crippen LogP contribution in [0.4, 0.5) is 0 Å². The van der Waals surface area contributed by atoms with Crippen molar-refractivity contribution in [2.45, 2.75) is 58.8 Å². The zero-order chi connectivity index (χ0) is 15.2. The van der Waals surface area contributed by atoms with Gasteiger partial charge in [-0.15, -0.1) is 0 Å². The fraction of sp³-hybridized carbons (Fsp3) is 0.647. The molecule has 2 N–H and O–H groups in total. The lowest BCUT2D eigenvalue weighted by Gasteiger charge is -2.30. The van der Waals surface area contributed by atoms with Crippen molar-refractivity contribution < 1.29 is 5.11 Å². The smallest absolute Gasteiger partial charge is 0.0791 e. The highest BCUT2D eigenvalue weighted by Gasteiger charge is 2.17. The van der Waals surface area contributed by atoms with Crippen LogP contribution in [0.3, 0.4) is 0 Å². The molecule has 0 bridgehead atoms. The van der Waals surface area contributed by atoms with E-state index in [0.717, 1.165) is 6.54 Å². The molecule has 1 atom stereocenters. The van der Waals surface area contributed by atoms with E-state index < -0.39 is 0 Å². The average molecular weight is 278 g/mol. The summed E-state index contributed by atoms with van der Waals surface area (Å²) in [4.78, 5) is 2.31. The molecular formula is C17H30N2O. The average Bonchev–Trinajstić information content (AvgIpc) is 2.36. The Kier molecular flexibility index (Phi) is 6.66. The maximum absolute atomic E-state index is 10.2. The van der Waals surface area contributed by atoms with Gasteiger partial charge in [0.25, 0.3) is 0 Å². The van der Waals surface area contributed by atoms with Gasteiger partial charge in [-0.05, 0) is 40.2 Å².